The molecular formula is C108H178ClN13O23. The maximum atomic E-state index is 13.5. The number of aliphatic hydroxyl groups excluding tert-OH is 3. The Morgan fingerprint density at radius 3 is 1.38 bits per heavy atom. The summed E-state index contributed by atoms with van der Waals surface area (Å²) in [5.74, 6) is -1.06. The van der Waals surface area contributed by atoms with Gasteiger partial charge in [-0.15, -0.1) is 19.7 Å². The molecule has 11 amide bonds. The van der Waals surface area contributed by atoms with Crippen LogP contribution >= 0.6 is 0 Å². The van der Waals surface area contributed by atoms with Gasteiger partial charge in [-0.2, -0.15) is 0 Å². The van der Waals surface area contributed by atoms with E-state index in [9.17, 15) is 72.9 Å². The average molecular weight is 2060 g/mol. The largest absolute Gasteiger partial charge is 1.00 e. The van der Waals surface area contributed by atoms with Crippen molar-refractivity contribution in [1.29, 1.82) is 0 Å². The minimum atomic E-state index is -0.899. The number of allylic oxidation sites excluding steroid dienone is 2. The lowest BCUT2D eigenvalue weighted by molar-refractivity contribution is -0.658. The molecule has 13 N–H and O–H groups in total. The fourth-order valence-electron chi connectivity index (χ4n) is 14.5. The van der Waals surface area contributed by atoms with Crippen LogP contribution in [0.3, 0.4) is 0 Å². The first-order chi connectivity index (χ1) is 67.5. The third-order valence-electron chi connectivity index (χ3n) is 21.4. The van der Waals surface area contributed by atoms with Gasteiger partial charge < -0.3 is 133 Å². The molecule has 820 valence electrons. The molecule has 5 heterocycles. The number of nitrogens with two attached hydrogens (primary N) is 2. The van der Waals surface area contributed by atoms with Crippen molar-refractivity contribution in [2.75, 3.05) is 85.1 Å². The van der Waals surface area contributed by atoms with Crippen LogP contribution in [0.5, 0.6) is 0 Å². The zero-order valence-corrected chi connectivity index (χ0v) is 91.3. The predicted octanol–water partition coefficient (Wildman–Crippen LogP) is 12.0. The number of likely N-dealkylation sites (tertiary alicyclic amines) is 3. The molecule has 0 bridgehead atoms. The monoisotopic (exact) mass is 2060 g/mol. The minimum absolute atomic E-state index is 0. The number of unbranched alkanes of at least 4 members (excludes halogenated alkanes) is 1. The van der Waals surface area contributed by atoms with E-state index in [4.69, 9.17) is 43.6 Å². The summed E-state index contributed by atoms with van der Waals surface area (Å²) in [6, 6.07) is 24.0. The van der Waals surface area contributed by atoms with Gasteiger partial charge >= 0.3 is 48.7 Å². The number of Topliss-reactive ketones (excluding diaryl/α,β-unsaturated/α-hetero) is 1. The molecule has 145 heavy (non-hydrogen) atoms. The molecule has 0 spiro atoms. The van der Waals surface area contributed by atoms with E-state index in [1.165, 1.54) is 9.80 Å². The van der Waals surface area contributed by atoms with Crippen molar-refractivity contribution < 1.29 is 128 Å². The molecule has 9 atom stereocenters. The van der Waals surface area contributed by atoms with E-state index >= 15 is 0 Å². The van der Waals surface area contributed by atoms with Gasteiger partial charge in [-0.1, -0.05) is 163 Å². The van der Waals surface area contributed by atoms with Crippen LogP contribution in [-0.4, -0.2) is 280 Å². The van der Waals surface area contributed by atoms with Gasteiger partial charge in [0, 0.05) is 64.9 Å². The van der Waals surface area contributed by atoms with E-state index in [2.05, 4.69) is 63.0 Å². The molecule has 5 aliphatic rings. The van der Waals surface area contributed by atoms with Gasteiger partial charge in [0.2, 0.25) is 17.7 Å². The summed E-state index contributed by atoms with van der Waals surface area (Å²) in [6.07, 6.45) is 15.8. The highest BCUT2D eigenvalue weighted by atomic mass is 35.5. The van der Waals surface area contributed by atoms with E-state index < -0.39 is 101 Å². The smallest absolute Gasteiger partial charge is 0.410 e. The maximum Gasteiger partial charge on any atom is 0.410 e. The Morgan fingerprint density at radius 2 is 0.917 bits per heavy atom. The Morgan fingerprint density at radius 1 is 0.483 bits per heavy atom. The summed E-state index contributed by atoms with van der Waals surface area (Å²) in [7, 11) is 0. The number of hydrogen-bond acceptors (Lipinski definition) is 24. The number of carbonyl (C=O) groups excluding carboxylic acids is 12. The van der Waals surface area contributed by atoms with E-state index in [1.54, 1.807) is 26.9 Å². The Hall–Kier alpha value is -11.1. The summed E-state index contributed by atoms with van der Waals surface area (Å²) in [5, 5.41) is 47.7. The van der Waals surface area contributed by atoms with Crippen molar-refractivity contribution in [3.05, 3.63) is 158 Å². The van der Waals surface area contributed by atoms with Crippen molar-refractivity contribution in [3.63, 3.8) is 0 Å². The number of alkyl carbamates (subject to hydrolysis) is 4. The zero-order chi connectivity index (χ0) is 108. The number of rotatable bonds is 28. The standard InChI is InChI=1S/C34H46N4O7.C20H31N3O4.C13H23NO2.C11H22N2O3.C11H21NO3.C11H19NO2.C8H15NO2.ClH/c1-23(2)18-28(36-33(42)44-21-25-12-7-5-8-13-25)31(40)35-27-16-11-17-38(20-30(27)39)32(41)29(19-24(3)4)37-34(43)45-22-26-14-9-6-10-15-26;1-14(2)11-17(19(25)22-16-9-6-10-21-12-18(16)24)23-20(26)27-13-15-7-4-3-5-8-15;1-6-8-9-11-14(10-7-2)12(15)16-13(3,4)5;1-11(2,3)16-10(15)13-6-4-5-8(12)9(14)7-13;1-11(2,3)15-10(14)12-7-5-4-6-9(13)8-12;1-11(2,3)14-10(13)12-8-6-4-5-7-9-12;1-5-6-9-7(10)11-8(2,3)4;/h5-10,12-15,23-24,27-29H,11,16-22H2,1-4H3,(H,35,40)(H,36,42)(H,37,43);3-5,7-8,14,16-18,21,24H,6,9-13H2,1-2H3,(H,22,25)(H,23,26);6-7H,1-2,8-11H2,3-5H3;8-9,14H,4-7,12H2,1-3H3;9,13H,4-8H2,1-3H3;4,6H,5,7-9H2,1-3H3;5H,1,6H2,2-4H3,(H,9,10);1H/t27?,28-,29-;16?,17-,18?;;;;;;/m00....../s1. The number of benzene rings is 3. The van der Waals surface area contributed by atoms with Crippen LogP contribution in [0.4, 0.5) is 38.4 Å². The number of amides is 11. The molecule has 36 nitrogen and oxygen atoms in total. The molecule has 37 heteroatoms. The van der Waals surface area contributed by atoms with Gasteiger partial charge in [0.15, 0.2) is 5.78 Å². The minimum Gasteiger partial charge on any atom is -1.00 e. The summed E-state index contributed by atoms with van der Waals surface area (Å²) in [6.45, 7) is 57.1. The second kappa shape index (κ2) is 69.9. The fraction of sp³-hybridized carbons (Fsp3) is 0.648. The average Bonchev–Trinajstić information content (AvgIpc) is 1.77. The van der Waals surface area contributed by atoms with Crippen LogP contribution in [0.15, 0.2) is 141 Å². The van der Waals surface area contributed by atoms with Crippen molar-refractivity contribution in [1.82, 2.24) is 56.4 Å². The summed E-state index contributed by atoms with van der Waals surface area (Å²) < 4.78 is 41.9. The number of quaternary nitrogens is 1. The third-order valence-corrected chi connectivity index (χ3v) is 21.4. The van der Waals surface area contributed by atoms with Gasteiger partial charge in [0.05, 0.1) is 43.9 Å². The summed E-state index contributed by atoms with van der Waals surface area (Å²) in [4.78, 5) is 156. The van der Waals surface area contributed by atoms with Gasteiger partial charge in [-0.05, 0) is 241 Å². The highest BCUT2D eigenvalue weighted by Crippen LogP contribution is 2.23. The molecule has 5 aliphatic heterocycles. The highest BCUT2D eigenvalue weighted by molar-refractivity contribution is 5.96. The molecule has 3 aromatic carbocycles. The highest BCUT2D eigenvalue weighted by Gasteiger charge is 2.37. The first kappa shape index (κ1) is 132. The van der Waals surface area contributed by atoms with Gasteiger partial charge in [-0.3, -0.25) is 19.2 Å². The molecule has 4 fully saturated rings. The molecule has 4 saturated heterocycles. The lowest BCUT2D eigenvalue weighted by Gasteiger charge is -2.27. The number of hydrogen-bond donors (Lipinski definition) is 11. The predicted molar refractivity (Wildman–Crippen MR) is 557 cm³/mol. The molecule has 0 saturated carbocycles. The van der Waals surface area contributed by atoms with Crippen molar-refractivity contribution >= 4 is 72.3 Å². The third kappa shape index (κ3) is 63.9. The van der Waals surface area contributed by atoms with Crippen LogP contribution in [0.25, 0.3) is 0 Å². The molecular weight excluding hydrogens is 1880 g/mol. The summed E-state index contributed by atoms with van der Waals surface area (Å²) in [5.41, 5.74) is 6.02. The quantitative estimate of drug-likeness (QED) is 0.0183. The number of nitrogens with zero attached hydrogens (tertiary/aromatic N) is 5. The summed E-state index contributed by atoms with van der Waals surface area (Å²) >= 11 is 0. The number of carbonyl (C=O) groups is 12. The van der Waals surface area contributed by atoms with Crippen molar-refractivity contribution in [2.45, 2.75) is 351 Å². The first-order valence-electron chi connectivity index (χ1n) is 50.8. The molecule has 6 unspecified atom stereocenters. The van der Waals surface area contributed by atoms with E-state index in [0.29, 0.717) is 91.0 Å². The van der Waals surface area contributed by atoms with E-state index in [-0.39, 0.29) is 117 Å². The first-order valence-corrected chi connectivity index (χ1v) is 50.8. The van der Waals surface area contributed by atoms with Crippen LogP contribution < -0.4 is 55.4 Å². The number of aliphatic hydroxyl groups is 3. The number of ketones is 1. The zero-order valence-electron chi connectivity index (χ0n) is 90.5. The molecule has 3 aromatic rings. The maximum absolute atomic E-state index is 13.5. The van der Waals surface area contributed by atoms with Gasteiger partial charge in [0.1, 0.15) is 78.6 Å². The topological polar surface area (TPSA) is 470 Å². The lowest BCUT2D eigenvalue weighted by atomic mass is 10.0. The van der Waals surface area contributed by atoms with E-state index in [1.807, 2.05) is 249 Å². The Balaban J connectivity index is 0.000000902. The Kier molecular flexibility index (Phi) is 63.6. The Labute approximate surface area is 869 Å². The van der Waals surface area contributed by atoms with Crippen molar-refractivity contribution in [3.8, 4) is 0 Å². The Bertz CT molecular complexity index is 4330. The van der Waals surface area contributed by atoms with Crippen LogP contribution in [-0.2, 0) is 76.9 Å². The number of nitrogens with one attached hydrogen (secondary N) is 6. The van der Waals surface area contributed by atoms with E-state index in [0.717, 1.165) is 100 Å². The number of β-amino-alcohol motifs (C(OH)–C–C–N with tert-alkyl or cyclic N) is 2. The molecule has 0 aromatic heterocycles. The lowest BCUT2D eigenvalue weighted by Crippen LogP contribution is -3.00. The van der Waals surface area contributed by atoms with Gasteiger partial charge in [0.25, 0.3) is 0 Å². The molecule has 8 rings (SSSR count). The number of halogens is 1. The molecule has 0 aliphatic carbocycles. The fourth-order valence-corrected chi connectivity index (χ4v) is 14.5. The normalized spacial score (nSPS) is 18.2. The molecule has 0 radical (unpaired) electrons. The van der Waals surface area contributed by atoms with Crippen molar-refractivity contribution in [2.24, 2.45) is 23.5 Å². The van der Waals surface area contributed by atoms with Crippen LogP contribution in [0.2, 0.25) is 0 Å². The second-order valence-corrected chi connectivity index (χ2v) is 42.5. The van der Waals surface area contributed by atoms with Gasteiger partial charge in [-0.25, -0.2) is 38.4 Å². The SMILES string of the molecule is C=CCCCN(CC=C)C(=O)OC(C)(C)C.C=CCNC(=O)OC(C)(C)C.CC(C)(C)OC(=O)N1CC=CCCC1.CC(C)(C)OC(=O)N1CCCC(N)C(O)C1.CC(C)(C)OC(=O)N1CCCCC(O)C1.CC(C)C[C@H](NC(=O)OCc1ccccc1)C(=O)NC1CCCN(C(=O)[C@H](CC(C)C)NC(=O)OCc2ccccc2)CC1=O.CC(C)C[C@H](NC(=O)OCc1ccccc1)C(=O)NC1CCC[NH2+]CC1O.[Cl-]. The second-order valence-electron chi connectivity index (χ2n) is 42.5. The van der Waals surface area contributed by atoms with Crippen LogP contribution in [0, 0.1) is 17.8 Å². The van der Waals surface area contributed by atoms with Crippen LogP contribution in [0.1, 0.15) is 265 Å². The number of ether oxygens (including phenoxy) is 8.